The smallest absolute Gasteiger partial charge is 0.410 e. The van der Waals surface area contributed by atoms with Crippen molar-refractivity contribution in [2.24, 2.45) is 5.92 Å². The number of likely N-dealkylation sites (tertiary alicyclic amines) is 1. The van der Waals surface area contributed by atoms with E-state index in [-0.39, 0.29) is 15.4 Å². The highest BCUT2D eigenvalue weighted by atomic mass is 79.9. The summed E-state index contributed by atoms with van der Waals surface area (Å²) < 4.78 is 5.30. The molecule has 1 aliphatic carbocycles. The molecule has 0 radical (unpaired) electrons. The first-order chi connectivity index (χ1) is 7.19. The Morgan fingerprint density at radius 1 is 1.44 bits per heavy atom. The van der Waals surface area contributed by atoms with Crippen LogP contribution in [-0.2, 0) is 4.74 Å². The van der Waals surface area contributed by atoms with Crippen molar-refractivity contribution in [1.82, 2.24) is 4.90 Å². The van der Waals surface area contributed by atoms with Crippen molar-refractivity contribution in [3.05, 3.63) is 0 Å². The van der Waals surface area contributed by atoms with Crippen LogP contribution in [0, 0.1) is 5.92 Å². The Hall–Kier alpha value is 0.230. The van der Waals surface area contributed by atoms with Gasteiger partial charge in [-0.25, -0.2) is 4.79 Å². The van der Waals surface area contributed by atoms with Gasteiger partial charge in [0.05, 0.1) is 6.04 Å². The highest BCUT2D eigenvalue weighted by Crippen LogP contribution is 2.53. The van der Waals surface area contributed by atoms with Gasteiger partial charge >= 0.3 is 6.09 Å². The van der Waals surface area contributed by atoms with Crippen LogP contribution in [0.25, 0.3) is 0 Å². The number of fused-ring (bicyclic) bond motifs is 2. The van der Waals surface area contributed by atoms with Crippen LogP contribution in [0.3, 0.4) is 0 Å². The van der Waals surface area contributed by atoms with Crippen molar-refractivity contribution in [2.45, 2.75) is 48.5 Å². The lowest BCUT2D eigenvalue weighted by Crippen LogP contribution is -2.48. The number of hydrogen-bond acceptors (Lipinski definition) is 2. The lowest BCUT2D eigenvalue weighted by molar-refractivity contribution is 0.0191. The van der Waals surface area contributed by atoms with Crippen LogP contribution in [0.2, 0.25) is 0 Å². The molecule has 2 aliphatic rings. The third-order valence-electron chi connectivity index (χ3n) is 3.06. The van der Waals surface area contributed by atoms with Crippen molar-refractivity contribution in [2.75, 3.05) is 6.54 Å². The largest absolute Gasteiger partial charge is 0.444 e. The Labute approximate surface area is 113 Å². The van der Waals surface area contributed by atoms with Crippen LogP contribution in [-0.4, -0.2) is 32.4 Å². The molecule has 3 nitrogen and oxygen atoms in total. The van der Waals surface area contributed by atoms with Crippen LogP contribution >= 0.6 is 31.9 Å². The summed E-state index contributed by atoms with van der Waals surface area (Å²) in [6.07, 6.45) is 1.95. The highest BCUT2D eigenvalue weighted by molar-refractivity contribution is 9.25. The van der Waals surface area contributed by atoms with E-state index >= 15 is 0 Å². The first-order valence-corrected chi connectivity index (χ1v) is 7.15. The van der Waals surface area contributed by atoms with Gasteiger partial charge < -0.3 is 9.64 Å². The number of piperidine rings is 1. The third-order valence-corrected chi connectivity index (χ3v) is 4.77. The molecule has 1 saturated heterocycles. The molecule has 1 saturated carbocycles. The number of halogens is 2. The monoisotopic (exact) mass is 353 g/mol. The van der Waals surface area contributed by atoms with Crippen LogP contribution < -0.4 is 0 Å². The molecule has 0 aromatic carbocycles. The molecule has 1 amide bonds. The van der Waals surface area contributed by atoms with E-state index in [1.54, 1.807) is 0 Å². The van der Waals surface area contributed by atoms with Gasteiger partial charge in [0.2, 0.25) is 0 Å². The first kappa shape index (κ1) is 12.7. The fourth-order valence-corrected chi connectivity index (χ4v) is 4.30. The molecular weight excluding hydrogens is 338 g/mol. The minimum absolute atomic E-state index is 0.111. The quantitative estimate of drug-likeness (QED) is 0.623. The molecule has 1 aliphatic heterocycles. The Bertz CT molecular complexity index is 312. The Balaban J connectivity index is 2.05. The lowest BCUT2D eigenvalue weighted by Gasteiger charge is -2.36. The van der Waals surface area contributed by atoms with Crippen LogP contribution in [0.5, 0.6) is 0 Å². The number of carbonyl (C=O) groups is 1. The molecule has 0 spiro atoms. The van der Waals surface area contributed by atoms with Gasteiger partial charge in [-0.05, 0) is 39.5 Å². The Kier molecular flexibility index (Phi) is 3.07. The Morgan fingerprint density at radius 2 is 2.06 bits per heavy atom. The van der Waals surface area contributed by atoms with E-state index in [0.29, 0.717) is 5.92 Å². The molecular formula is C11H17Br2NO2. The maximum atomic E-state index is 12.0. The zero-order valence-corrected chi connectivity index (χ0v) is 13.0. The molecule has 2 atom stereocenters. The minimum atomic E-state index is -0.416. The minimum Gasteiger partial charge on any atom is -0.444 e. The van der Waals surface area contributed by atoms with Crippen molar-refractivity contribution < 1.29 is 9.53 Å². The maximum Gasteiger partial charge on any atom is 0.410 e. The summed E-state index contributed by atoms with van der Waals surface area (Å²) in [5.74, 6) is 0.594. The topological polar surface area (TPSA) is 29.5 Å². The van der Waals surface area contributed by atoms with E-state index in [9.17, 15) is 4.79 Å². The van der Waals surface area contributed by atoms with Crippen LogP contribution in [0.4, 0.5) is 4.79 Å². The summed E-state index contributed by atoms with van der Waals surface area (Å²) in [6.45, 7) is 6.52. The summed E-state index contributed by atoms with van der Waals surface area (Å²) >= 11 is 7.31. The van der Waals surface area contributed by atoms with E-state index in [0.717, 1.165) is 19.4 Å². The average molecular weight is 355 g/mol. The fourth-order valence-electron chi connectivity index (χ4n) is 2.51. The number of rotatable bonds is 0. The highest BCUT2D eigenvalue weighted by Gasteiger charge is 2.54. The van der Waals surface area contributed by atoms with E-state index in [1.807, 2.05) is 25.7 Å². The van der Waals surface area contributed by atoms with E-state index in [1.165, 1.54) is 0 Å². The molecule has 2 bridgehead atoms. The molecule has 2 rings (SSSR count). The summed E-state index contributed by atoms with van der Waals surface area (Å²) in [5.41, 5.74) is -0.416. The van der Waals surface area contributed by atoms with Gasteiger partial charge in [-0.2, -0.15) is 0 Å². The van der Waals surface area contributed by atoms with Gasteiger partial charge in [0.1, 0.15) is 8.83 Å². The molecule has 2 unspecified atom stereocenters. The molecule has 0 aromatic rings. The van der Waals surface area contributed by atoms with Gasteiger partial charge in [-0.15, -0.1) is 0 Å². The zero-order chi connectivity index (χ0) is 12.1. The van der Waals surface area contributed by atoms with Crippen LogP contribution in [0.1, 0.15) is 33.6 Å². The number of hydrogen-bond donors (Lipinski definition) is 0. The standard InChI is InChI=1S/C11H17Br2NO2/c1-10(2,3)16-9(15)14-6-7-4-8(14)11(12,13)5-7/h7-8H,4-6H2,1-3H3. The van der Waals surface area contributed by atoms with Crippen molar-refractivity contribution in [1.29, 1.82) is 0 Å². The predicted molar refractivity (Wildman–Crippen MR) is 70.0 cm³/mol. The van der Waals surface area contributed by atoms with Gasteiger partial charge in [0.25, 0.3) is 0 Å². The lowest BCUT2D eigenvalue weighted by atomic mass is 10.1. The number of ether oxygens (including phenoxy) is 1. The fraction of sp³-hybridized carbons (Fsp3) is 0.909. The molecule has 0 N–H and O–H groups in total. The second kappa shape index (κ2) is 3.87. The van der Waals surface area contributed by atoms with Crippen molar-refractivity contribution in [3.8, 4) is 0 Å². The molecule has 1 heterocycles. The Morgan fingerprint density at radius 3 is 2.50 bits per heavy atom. The van der Waals surface area contributed by atoms with Crippen molar-refractivity contribution in [3.63, 3.8) is 0 Å². The predicted octanol–water partition coefficient (Wildman–Crippen LogP) is 3.50. The molecule has 16 heavy (non-hydrogen) atoms. The van der Waals surface area contributed by atoms with Gasteiger partial charge in [0.15, 0.2) is 0 Å². The van der Waals surface area contributed by atoms with E-state index in [4.69, 9.17) is 4.74 Å². The van der Waals surface area contributed by atoms with Crippen molar-refractivity contribution >= 4 is 38.0 Å². The normalized spacial score (nSPS) is 31.9. The number of carbonyl (C=O) groups excluding carboxylic acids is 1. The second-order valence-electron chi connectivity index (χ2n) is 5.72. The van der Waals surface area contributed by atoms with Gasteiger partial charge in [0, 0.05) is 6.54 Å². The SMILES string of the molecule is CC(C)(C)OC(=O)N1CC2CC1C(Br)(Br)C2. The second-order valence-corrected chi connectivity index (χ2v) is 9.61. The van der Waals surface area contributed by atoms with E-state index < -0.39 is 5.60 Å². The summed E-state index contributed by atoms with van der Waals surface area (Å²) in [4.78, 5) is 13.9. The molecule has 92 valence electrons. The summed E-state index contributed by atoms with van der Waals surface area (Å²) in [7, 11) is 0. The first-order valence-electron chi connectivity index (χ1n) is 5.56. The zero-order valence-electron chi connectivity index (χ0n) is 9.80. The molecule has 2 fully saturated rings. The summed E-state index contributed by atoms with van der Waals surface area (Å²) in [5, 5.41) is 0. The number of alkyl halides is 2. The van der Waals surface area contributed by atoms with E-state index in [2.05, 4.69) is 31.9 Å². The maximum absolute atomic E-state index is 12.0. The van der Waals surface area contributed by atoms with Gasteiger partial charge in [-0.3, -0.25) is 0 Å². The van der Waals surface area contributed by atoms with Gasteiger partial charge in [-0.1, -0.05) is 31.9 Å². The number of amides is 1. The average Bonchev–Trinajstić information content (AvgIpc) is 2.54. The molecule has 0 aromatic heterocycles. The molecule has 5 heteroatoms. The van der Waals surface area contributed by atoms with Crippen LogP contribution in [0.15, 0.2) is 0 Å². The number of nitrogens with zero attached hydrogens (tertiary/aromatic N) is 1. The third kappa shape index (κ3) is 2.40. The summed E-state index contributed by atoms with van der Waals surface area (Å²) in [6, 6.07) is 0.215.